The lowest BCUT2D eigenvalue weighted by molar-refractivity contribution is -0.136. The highest BCUT2D eigenvalue weighted by atomic mass is 35.5. The van der Waals surface area contributed by atoms with E-state index >= 15 is 0 Å². The maximum absolute atomic E-state index is 13.4. The molecule has 6 nitrogen and oxygen atoms in total. The molecule has 0 aliphatic heterocycles. The number of aliphatic hydroxyl groups excluding tert-OH is 1. The van der Waals surface area contributed by atoms with Gasteiger partial charge in [0.1, 0.15) is 5.82 Å². The first-order chi connectivity index (χ1) is 13.8. The van der Waals surface area contributed by atoms with Crippen LogP contribution in [0.3, 0.4) is 0 Å². The van der Waals surface area contributed by atoms with Crippen LogP contribution in [-0.4, -0.2) is 32.7 Å². The Kier molecular flexibility index (Phi) is 6.19. The van der Waals surface area contributed by atoms with E-state index < -0.39 is 11.7 Å². The number of hydrogen-bond acceptors (Lipinski definition) is 6. The molecule has 10 heteroatoms. The zero-order chi connectivity index (χ0) is 21.0. The number of nitrogens with one attached hydrogen (secondary N) is 2. The molecule has 0 aliphatic carbocycles. The Morgan fingerprint density at radius 3 is 2.52 bits per heavy atom. The number of anilines is 3. The van der Waals surface area contributed by atoms with E-state index in [4.69, 9.17) is 11.6 Å². The molecule has 0 amide bonds. The number of hydrogen-bond donors (Lipinski definition) is 3. The highest BCUT2D eigenvalue weighted by Crippen LogP contribution is 2.40. The van der Waals surface area contributed by atoms with Gasteiger partial charge in [-0.05, 0) is 31.2 Å². The Bertz CT molecular complexity index is 985. The smallest absolute Gasteiger partial charge is 0.394 e. The summed E-state index contributed by atoms with van der Waals surface area (Å²) in [6.07, 6.45) is -1.45. The average Bonchev–Trinajstić information content (AvgIpc) is 2.69. The number of benzene rings is 1. The van der Waals surface area contributed by atoms with Crippen LogP contribution in [-0.2, 0) is 6.18 Å². The highest BCUT2D eigenvalue weighted by Gasteiger charge is 2.34. The molecule has 3 rings (SSSR count). The van der Waals surface area contributed by atoms with Crippen LogP contribution >= 0.6 is 11.6 Å². The molecule has 0 saturated carbocycles. The van der Waals surface area contributed by atoms with Gasteiger partial charge in [0.2, 0.25) is 5.95 Å². The SMILES string of the molecule is C[C@@H](CO)Nc1nc(Nc2c(Cl)cccc2C(F)(F)F)cc(-c2ccncc2)n1. The first-order valence-electron chi connectivity index (χ1n) is 8.57. The summed E-state index contributed by atoms with van der Waals surface area (Å²) in [5.74, 6) is 0.252. The fraction of sp³-hybridized carbons (Fsp3) is 0.211. The van der Waals surface area contributed by atoms with E-state index in [1.807, 2.05) is 0 Å². The number of para-hydroxylation sites is 1. The summed E-state index contributed by atoms with van der Waals surface area (Å²) in [7, 11) is 0. The van der Waals surface area contributed by atoms with Crippen molar-refractivity contribution in [2.24, 2.45) is 0 Å². The number of pyridine rings is 1. The maximum Gasteiger partial charge on any atom is 0.418 e. The first kappa shape index (κ1) is 20.8. The molecule has 2 aromatic heterocycles. The summed E-state index contributed by atoms with van der Waals surface area (Å²) in [5, 5.41) is 14.7. The average molecular weight is 424 g/mol. The van der Waals surface area contributed by atoms with Crippen LogP contribution in [0.25, 0.3) is 11.3 Å². The molecule has 0 fully saturated rings. The molecule has 3 aromatic rings. The van der Waals surface area contributed by atoms with E-state index in [9.17, 15) is 18.3 Å². The zero-order valence-electron chi connectivity index (χ0n) is 15.2. The minimum Gasteiger partial charge on any atom is -0.394 e. The van der Waals surface area contributed by atoms with Gasteiger partial charge in [0.25, 0.3) is 0 Å². The summed E-state index contributed by atoms with van der Waals surface area (Å²) in [4.78, 5) is 12.5. The van der Waals surface area contributed by atoms with Crippen molar-refractivity contribution in [3.05, 3.63) is 59.4 Å². The molecule has 0 aliphatic rings. The second-order valence-electron chi connectivity index (χ2n) is 6.21. The Hall–Kier alpha value is -2.91. The Morgan fingerprint density at radius 1 is 1.14 bits per heavy atom. The van der Waals surface area contributed by atoms with Gasteiger partial charge >= 0.3 is 6.18 Å². The number of aromatic nitrogens is 3. The number of alkyl halides is 3. The molecule has 152 valence electrons. The molecule has 1 atom stereocenters. The number of rotatable bonds is 6. The lowest BCUT2D eigenvalue weighted by Gasteiger charge is -2.17. The van der Waals surface area contributed by atoms with Crippen molar-refractivity contribution in [3.8, 4) is 11.3 Å². The molecule has 0 bridgehead atoms. The summed E-state index contributed by atoms with van der Waals surface area (Å²) < 4.78 is 40.2. The van der Waals surface area contributed by atoms with Crippen molar-refractivity contribution in [3.63, 3.8) is 0 Å². The first-order valence-corrected chi connectivity index (χ1v) is 8.95. The van der Waals surface area contributed by atoms with E-state index in [1.54, 1.807) is 31.5 Å². The summed E-state index contributed by atoms with van der Waals surface area (Å²) in [6.45, 7) is 1.54. The Labute approximate surface area is 169 Å². The third-order valence-electron chi connectivity index (χ3n) is 3.92. The van der Waals surface area contributed by atoms with E-state index in [-0.39, 0.29) is 35.1 Å². The second-order valence-corrected chi connectivity index (χ2v) is 6.62. The normalized spacial score (nSPS) is 12.5. The molecular weight excluding hydrogens is 407 g/mol. The zero-order valence-corrected chi connectivity index (χ0v) is 16.0. The molecule has 1 aromatic carbocycles. The fourth-order valence-electron chi connectivity index (χ4n) is 2.53. The minimum absolute atomic E-state index is 0.0952. The van der Waals surface area contributed by atoms with Crippen LogP contribution in [0.5, 0.6) is 0 Å². The largest absolute Gasteiger partial charge is 0.418 e. The third kappa shape index (κ3) is 5.12. The molecule has 0 saturated heterocycles. The maximum atomic E-state index is 13.4. The topological polar surface area (TPSA) is 83.0 Å². The molecule has 0 spiro atoms. The van der Waals surface area contributed by atoms with Crippen LogP contribution in [0.2, 0.25) is 5.02 Å². The van der Waals surface area contributed by atoms with Gasteiger partial charge in [0.05, 0.1) is 28.6 Å². The Balaban J connectivity index is 2.07. The third-order valence-corrected chi connectivity index (χ3v) is 4.24. The second kappa shape index (κ2) is 8.62. The molecule has 29 heavy (non-hydrogen) atoms. The minimum atomic E-state index is -4.60. The van der Waals surface area contributed by atoms with Crippen molar-refractivity contribution >= 4 is 29.1 Å². The van der Waals surface area contributed by atoms with E-state index in [0.29, 0.717) is 11.3 Å². The predicted molar refractivity (Wildman–Crippen MR) is 105 cm³/mol. The molecule has 3 N–H and O–H groups in total. The molecule has 0 radical (unpaired) electrons. The number of nitrogens with zero attached hydrogens (tertiary/aromatic N) is 3. The van der Waals surface area contributed by atoms with E-state index in [2.05, 4.69) is 25.6 Å². The molecule has 0 unspecified atom stereocenters. The highest BCUT2D eigenvalue weighted by molar-refractivity contribution is 6.33. The fourth-order valence-corrected chi connectivity index (χ4v) is 2.75. The molecular formula is C19H17ClF3N5O. The van der Waals surface area contributed by atoms with Crippen LogP contribution in [0.15, 0.2) is 48.8 Å². The lowest BCUT2D eigenvalue weighted by Crippen LogP contribution is -2.21. The van der Waals surface area contributed by atoms with Gasteiger partial charge in [0.15, 0.2) is 0 Å². The monoisotopic (exact) mass is 423 g/mol. The van der Waals surface area contributed by atoms with Gasteiger partial charge in [-0.25, -0.2) is 4.98 Å². The van der Waals surface area contributed by atoms with Crippen LogP contribution in [0, 0.1) is 0 Å². The van der Waals surface area contributed by atoms with Gasteiger partial charge in [0, 0.05) is 30.1 Å². The summed E-state index contributed by atoms with van der Waals surface area (Å²) >= 11 is 6.03. The van der Waals surface area contributed by atoms with Gasteiger partial charge in [-0.3, -0.25) is 4.98 Å². The van der Waals surface area contributed by atoms with Crippen molar-refractivity contribution in [2.45, 2.75) is 19.1 Å². The van der Waals surface area contributed by atoms with Crippen molar-refractivity contribution < 1.29 is 18.3 Å². The van der Waals surface area contributed by atoms with Crippen molar-refractivity contribution in [1.29, 1.82) is 0 Å². The van der Waals surface area contributed by atoms with Crippen LogP contribution in [0.4, 0.5) is 30.6 Å². The van der Waals surface area contributed by atoms with Gasteiger partial charge < -0.3 is 15.7 Å². The summed E-state index contributed by atoms with van der Waals surface area (Å²) in [5.41, 5.74) is -0.0620. The quantitative estimate of drug-likeness (QED) is 0.531. The number of aliphatic hydroxyl groups is 1. The van der Waals surface area contributed by atoms with Gasteiger partial charge in [-0.1, -0.05) is 17.7 Å². The van der Waals surface area contributed by atoms with Crippen LogP contribution in [0.1, 0.15) is 12.5 Å². The van der Waals surface area contributed by atoms with Crippen LogP contribution < -0.4 is 10.6 Å². The lowest BCUT2D eigenvalue weighted by atomic mass is 10.1. The van der Waals surface area contributed by atoms with E-state index in [0.717, 1.165) is 6.07 Å². The van der Waals surface area contributed by atoms with E-state index in [1.165, 1.54) is 18.2 Å². The van der Waals surface area contributed by atoms with Gasteiger partial charge in [-0.15, -0.1) is 0 Å². The van der Waals surface area contributed by atoms with Crippen molar-refractivity contribution in [2.75, 3.05) is 17.2 Å². The predicted octanol–water partition coefficient (Wildman–Crippen LogP) is 4.75. The van der Waals surface area contributed by atoms with Crippen molar-refractivity contribution in [1.82, 2.24) is 15.0 Å². The van der Waals surface area contributed by atoms with Gasteiger partial charge in [-0.2, -0.15) is 18.2 Å². The Morgan fingerprint density at radius 2 is 1.86 bits per heavy atom. The summed E-state index contributed by atoms with van der Waals surface area (Å²) in [6, 6.07) is 8.09. The standard InChI is InChI=1S/C19H17ClF3N5O/c1-11(10-29)25-18-26-15(12-5-7-24-8-6-12)9-16(28-18)27-17-13(19(21,22)23)3-2-4-14(17)20/h2-9,11,29H,10H2,1H3,(H2,25,26,27,28)/t11-/m0/s1. The number of halogens is 4. The molecule has 2 heterocycles.